The molecule has 0 atom stereocenters. The van der Waals surface area contributed by atoms with Crippen molar-refractivity contribution in [2.75, 3.05) is 26.2 Å². The van der Waals surface area contributed by atoms with Gasteiger partial charge in [-0.05, 0) is 49.9 Å². The van der Waals surface area contributed by atoms with Crippen molar-refractivity contribution in [3.8, 4) is 11.3 Å². The Kier molecular flexibility index (Phi) is 4.76. The van der Waals surface area contributed by atoms with Crippen molar-refractivity contribution >= 4 is 15.9 Å². The average molecular weight is 414 g/mol. The summed E-state index contributed by atoms with van der Waals surface area (Å²) in [4.78, 5) is 4.16. The van der Waals surface area contributed by atoms with Crippen LogP contribution < -0.4 is 0 Å². The van der Waals surface area contributed by atoms with Crippen molar-refractivity contribution in [2.45, 2.75) is 31.6 Å². The number of nitrogens with zero attached hydrogens (tertiary/aromatic N) is 7. The maximum absolute atomic E-state index is 12.8. The third-order valence-corrected chi connectivity index (χ3v) is 7.82. The van der Waals surface area contributed by atoms with Crippen LogP contribution in [0.5, 0.6) is 0 Å². The first-order valence-corrected chi connectivity index (χ1v) is 11.4. The van der Waals surface area contributed by atoms with Crippen LogP contribution in [0.3, 0.4) is 0 Å². The van der Waals surface area contributed by atoms with E-state index in [9.17, 15) is 8.42 Å². The lowest BCUT2D eigenvalue weighted by Crippen LogP contribution is -2.46. The van der Waals surface area contributed by atoms with Crippen molar-refractivity contribution in [1.29, 1.82) is 0 Å². The van der Waals surface area contributed by atoms with Crippen molar-refractivity contribution < 1.29 is 8.42 Å². The van der Waals surface area contributed by atoms with E-state index in [4.69, 9.17) is 5.10 Å². The molecule has 29 heavy (non-hydrogen) atoms. The molecule has 152 valence electrons. The van der Waals surface area contributed by atoms with Gasteiger partial charge in [0.25, 0.3) is 10.2 Å². The lowest BCUT2D eigenvalue weighted by atomic mass is 9.97. The number of piperidine rings is 1. The molecule has 3 aromatic rings. The number of hydrogen-bond donors (Lipinski definition) is 0. The Bertz CT molecular complexity index is 1100. The van der Waals surface area contributed by atoms with Crippen LogP contribution in [-0.4, -0.2) is 68.0 Å². The fourth-order valence-electron chi connectivity index (χ4n) is 4.16. The topological polar surface area (TPSA) is 96.6 Å². The Labute approximate surface area is 169 Å². The molecule has 9 nitrogen and oxygen atoms in total. The van der Waals surface area contributed by atoms with Gasteiger partial charge in [-0.2, -0.15) is 26.6 Å². The predicted octanol–water partition coefficient (Wildman–Crippen LogP) is 1.71. The van der Waals surface area contributed by atoms with Crippen LogP contribution in [0.4, 0.5) is 0 Å². The van der Waals surface area contributed by atoms with Crippen LogP contribution in [0.1, 0.15) is 37.4 Å². The molecule has 5 heterocycles. The molecule has 2 aliphatic rings. The molecule has 0 bridgehead atoms. The smallest absolute Gasteiger partial charge is 0.264 e. The molecule has 0 aliphatic carbocycles. The van der Waals surface area contributed by atoms with E-state index in [0.717, 1.165) is 29.9 Å². The van der Waals surface area contributed by atoms with Crippen molar-refractivity contribution in [2.24, 2.45) is 0 Å². The molecule has 2 fully saturated rings. The van der Waals surface area contributed by atoms with Gasteiger partial charge in [-0.25, -0.2) is 0 Å². The Morgan fingerprint density at radius 2 is 1.69 bits per heavy atom. The molecular weight excluding hydrogens is 390 g/mol. The summed E-state index contributed by atoms with van der Waals surface area (Å²) in [6.07, 6.45) is 6.84. The van der Waals surface area contributed by atoms with Gasteiger partial charge in [0.05, 0.1) is 5.69 Å². The van der Waals surface area contributed by atoms with Crippen molar-refractivity contribution in [1.82, 2.24) is 33.4 Å². The van der Waals surface area contributed by atoms with E-state index in [0.29, 0.717) is 44.7 Å². The maximum atomic E-state index is 12.8. The highest BCUT2D eigenvalue weighted by Crippen LogP contribution is 2.30. The van der Waals surface area contributed by atoms with Gasteiger partial charge < -0.3 is 0 Å². The lowest BCUT2D eigenvalue weighted by Gasteiger charge is -2.32. The van der Waals surface area contributed by atoms with Gasteiger partial charge in [0.1, 0.15) is 0 Å². The number of hydrogen-bond acceptors (Lipinski definition) is 6. The first-order valence-electron chi connectivity index (χ1n) is 10.0. The Morgan fingerprint density at radius 1 is 0.931 bits per heavy atom. The Balaban J connectivity index is 1.37. The second-order valence-electron chi connectivity index (χ2n) is 7.58. The largest absolute Gasteiger partial charge is 0.281 e. The van der Waals surface area contributed by atoms with Crippen molar-refractivity contribution in [3.63, 3.8) is 0 Å². The average Bonchev–Trinajstić information content (AvgIpc) is 3.45. The summed E-state index contributed by atoms with van der Waals surface area (Å²) in [5.74, 6) is 0.927. The summed E-state index contributed by atoms with van der Waals surface area (Å²) >= 11 is 0. The number of fused-ring (bicyclic) bond motifs is 1. The predicted molar refractivity (Wildman–Crippen MR) is 107 cm³/mol. The Hall–Kier alpha value is -2.43. The molecule has 2 aliphatic heterocycles. The van der Waals surface area contributed by atoms with Crippen LogP contribution >= 0.6 is 0 Å². The van der Waals surface area contributed by atoms with Crippen LogP contribution in [0.25, 0.3) is 16.9 Å². The highest BCUT2D eigenvalue weighted by molar-refractivity contribution is 7.86. The Morgan fingerprint density at radius 3 is 2.41 bits per heavy atom. The second kappa shape index (κ2) is 7.43. The lowest BCUT2D eigenvalue weighted by molar-refractivity contribution is 0.290. The first kappa shape index (κ1) is 18.6. The van der Waals surface area contributed by atoms with Crippen LogP contribution in [0.2, 0.25) is 0 Å². The second-order valence-corrected chi connectivity index (χ2v) is 9.50. The number of aromatic nitrogens is 5. The van der Waals surface area contributed by atoms with Crippen LogP contribution in [0, 0.1) is 0 Å². The molecule has 5 rings (SSSR count). The van der Waals surface area contributed by atoms with E-state index in [1.54, 1.807) is 25.5 Å². The SMILES string of the molecule is O=S(=O)(N1CCCC1)N1CCC(c2nnc3ccc(-c4cccnc4)nn23)CC1. The normalized spacial score (nSPS) is 19.9. The quantitative estimate of drug-likeness (QED) is 0.646. The minimum atomic E-state index is -3.34. The fraction of sp³-hybridized carbons (Fsp3) is 0.474. The third kappa shape index (κ3) is 3.41. The van der Waals surface area contributed by atoms with Gasteiger partial charge in [-0.15, -0.1) is 10.2 Å². The highest BCUT2D eigenvalue weighted by Gasteiger charge is 2.35. The molecule has 0 saturated carbocycles. The zero-order chi connectivity index (χ0) is 19.8. The van der Waals surface area contributed by atoms with Gasteiger partial charge in [0, 0.05) is 50.1 Å². The van der Waals surface area contributed by atoms with Gasteiger partial charge in [-0.3, -0.25) is 4.98 Å². The molecule has 2 saturated heterocycles. The van der Waals surface area contributed by atoms with Gasteiger partial charge in [0.2, 0.25) is 0 Å². The molecule has 0 N–H and O–H groups in total. The molecular formula is C19H23N7O2S. The number of pyridine rings is 1. The molecule has 10 heteroatoms. The van der Waals surface area contributed by atoms with Gasteiger partial charge in [-0.1, -0.05) is 0 Å². The molecule has 0 amide bonds. The summed E-state index contributed by atoms with van der Waals surface area (Å²) in [6.45, 7) is 2.28. The van der Waals surface area contributed by atoms with E-state index in [1.807, 2.05) is 24.3 Å². The maximum Gasteiger partial charge on any atom is 0.281 e. The summed E-state index contributed by atoms with van der Waals surface area (Å²) in [5.41, 5.74) is 2.43. The first-order chi connectivity index (χ1) is 14.1. The van der Waals surface area contributed by atoms with Crippen LogP contribution in [0.15, 0.2) is 36.7 Å². The van der Waals surface area contributed by atoms with E-state index in [1.165, 1.54) is 0 Å². The third-order valence-electron chi connectivity index (χ3n) is 5.78. The molecule has 0 radical (unpaired) electrons. The molecule has 0 spiro atoms. The number of rotatable bonds is 4. The summed E-state index contributed by atoms with van der Waals surface area (Å²) in [6, 6.07) is 7.66. The monoisotopic (exact) mass is 413 g/mol. The van der Waals surface area contributed by atoms with Gasteiger partial charge in [0.15, 0.2) is 11.5 Å². The van der Waals surface area contributed by atoms with E-state index >= 15 is 0 Å². The van der Waals surface area contributed by atoms with Crippen molar-refractivity contribution in [3.05, 3.63) is 42.5 Å². The standard InChI is InChI=1S/C19H23N7O2S/c27-29(28,24-10-1-2-11-24)25-12-7-15(8-13-25)19-22-21-18-6-5-17(23-26(18)19)16-4-3-9-20-14-16/h3-6,9,14-15H,1-2,7-8,10-13H2. The molecule has 3 aromatic heterocycles. The summed E-state index contributed by atoms with van der Waals surface area (Å²) < 4.78 is 30.6. The van der Waals surface area contributed by atoms with Gasteiger partial charge >= 0.3 is 0 Å². The van der Waals surface area contributed by atoms with Crippen LogP contribution in [-0.2, 0) is 10.2 Å². The van der Waals surface area contributed by atoms with E-state index < -0.39 is 10.2 Å². The fourth-order valence-corrected chi connectivity index (χ4v) is 5.87. The molecule has 0 aromatic carbocycles. The minimum Gasteiger partial charge on any atom is -0.264 e. The molecule has 0 unspecified atom stereocenters. The zero-order valence-electron chi connectivity index (χ0n) is 16.1. The highest BCUT2D eigenvalue weighted by atomic mass is 32.2. The summed E-state index contributed by atoms with van der Waals surface area (Å²) in [5, 5.41) is 13.4. The zero-order valence-corrected chi connectivity index (χ0v) is 16.9. The minimum absolute atomic E-state index is 0.131. The summed E-state index contributed by atoms with van der Waals surface area (Å²) in [7, 11) is -3.34. The van der Waals surface area contributed by atoms with E-state index in [-0.39, 0.29) is 5.92 Å². The van der Waals surface area contributed by atoms with E-state index in [2.05, 4.69) is 15.2 Å².